The molecule has 0 spiro atoms. The Morgan fingerprint density at radius 3 is 2.76 bits per heavy atom. The smallest absolute Gasteiger partial charge is 0.316 e. The van der Waals surface area contributed by atoms with Gasteiger partial charge in [-0.1, -0.05) is 35.3 Å². The van der Waals surface area contributed by atoms with Crippen LogP contribution in [0.3, 0.4) is 0 Å². The number of halogens is 2. The molecule has 0 unspecified atom stereocenters. The van der Waals surface area contributed by atoms with Crippen LogP contribution in [0.5, 0.6) is 11.5 Å². The van der Waals surface area contributed by atoms with Crippen LogP contribution in [0.25, 0.3) is 6.08 Å². The van der Waals surface area contributed by atoms with Crippen molar-refractivity contribution < 1.29 is 19.1 Å². The lowest BCUT2D eigenvalue weighted by molar-refractivity contribution is -0.133. The molecule has 146 valence electrons. The number of allylic oxidation sites excluding steroid dienone is 1. The maximum Gasteiger partial charge on any atom is 0.316 e. The number of ketones is 1. The van der Waals surface area contributed by atoms with Crippen molar-refractivity contribution in [3.63, 3.8) is 0 Å². The van der Waals surface area contributed by atoms with E-state index in [1.807, 2.05) is 17.5 Å². The van der Waals surface area contributed by atoms with E-state index in [4.69, 9.17) is 32.7 Å². The van der Waals surface area contributed by atoms with Gasteiger partial charge in [0.15, 0.2) is 5.76 Å². The molecule has 0 fully saturated rings. The van der Waals surface area contributed by atoms with Crippen molar-refractivity contribution in [3.05, 3.63) is 85.2 Å². The highest BCUT2D eigenvalue weighted by Crippen LogP contribution is 2.39. The monoisotopic (exact) mass is 444 g/mol. The standard InChI is InChI=1S/C22H14Cl2O4S/c1-12-18(27-20(25)11-15-3-2-8-29-15)7-6-16-21(26)19(28-22(12)16)9-13-4-5-14(23)10-17(13)24/h2-10H,11H2,1H3/b19-9-. The molecule has 0 atom stereocenters. The summed E-state index contributed by atoms with van der Waals surface area (Å²) in [5.74, 6) is 0.264. The molecule has 0 aliphatic carbocycles. The van der Waals surface area contributed by atoms with Crippen LogP contribution in [0.1, 0.15) is 26.4 Å². The Kier molecular flexibility index (Phi) is 5.46. The largest absolute Gasteiger partial charge is 0.452 e. The number of hydrogen-bond acceptors (Lipinski definition) is 5. The quantitative estimate of drug-likeness (QED) is 0.276. The van der Waals surface area contributed by atoms with E-state index in [-0.39, 0.29) is 23.9 Å². The molecule has 2 heterocycles. The van der Waals surface area contributed by atoms with E-state index in [9.17, 15) is 9.59 Å². The van der Waals surface area contributed by atoms with E-state index in [1.54, 1.807) is 43.3 Å². The molecule has 1 aromatic heterocycles. The molecule has 29 heavy (non-hydrogen) atoms. The van der Waals surface area contributed by atoms with Gasteiger partial charge in [-0.2, -0.15) is 0 Å². The highest BCUT2D eigenvalue weighted by molar-refractivity contribution is 7.10. The highest BCUT2D eigenvalue weighted by Gasteiger charge is 2.30. The summed E-state index contributed by atoms with van der Waals surface area (Å²) in [6.45, 7) is 1.75. The van der Waals surface area contributed by atoms with Crippen molar-refractivity contribution in [2.75, 3.05) is 0 Å². The van der Waals surface area contributed by atoms with Crippen molar-refractivity contribution in [2.45, 2.75) is 13.3 Å². The molecule has 0 saturated carbocycles. The maximum absolute atomic E-state index is 12.7. The van der Waals surface area contributed by atoms with Crippen LogP contribution in [0, 0.1) is 6.92 Å². The highest BCUT2D eigenvalue weighted by atomic mass is 35.5. The molecule has 0 bridgehead atoms. The molecular weight excluding hydrogens is 431 g/mol. The third-order valence-electron chi connectivity index (χ3n) is 4.41. The van der Waals surface area contributed by atoms with Crippen molar-refractivity contribution in [2.24, 2.45) is 0 Å². The van der Waals surface area contributed by atoms with E-state index >= 15 is 0 Å². The number of thiophene rings is 1. The fourth-order valence-corrected chi connectivity index (χ4v) is 4.11. The number of ether oxygens (including phenoxy) is 2. The maximum atomic E-state index is 12.7. The first-order chi connectivity index (χ1) is 13.9. The fraction of sp³-hybridized carbons (Fsp3) is 0.0909. The molecule has 1 aliphatic rings. The lowest BCUT2D eigenvalue weighted by atomic mass is 10.1. The second-order valence-electron chi connectivity index (χ2n) is 6.40. The zero-order valence-corrected chi connectivity index (χ0v) is 17.5. The number of benzene rings is 2. The minimum absolute atomic E-state index is 0.148. The average molecular weight is 445 g/mol. The second kappa shape index (κ2) is 8.03. The van der Waals surface area contributed by atoms with Crippen LogP contribution in [0.15, 0.2) is 53.6 Å². The second-order valence-corrected chi connectivity index (χ2v) is 8.28. The van der Waals surface area contributed by atoms with E-state index in [1.165, 1.54) is 11.3 Å². The van der Waals surface area contributed by atoms with Crippen LogP contribution in [-0.4, -0.2) is 11.8 Å². The Labute approximate surface area is 181 Å². The van der Waals surface area contributed by atoms with Crippen LogP contribution in [0.4, 0.5) is 0 Å². The Bertz CT molecular complexity index is 1150. The van der Waals surface area contributed by atoms with Gasteiger partial charge in [0.25, 0.3) is 0 Å². The fourth-order valence-electron chi connectivity index (χ4n) is 2.95. The van der Waals surface area contributed by atoms with Crippen LogP contribution >= 0.6 is 34.5 Å². The molecule has 3 aromatic rings. The predicted molar refractivity (Wildman–Crippen MR) is 114 cm³/mol. The van der Waals surface area contributed by atoms with Gasteiger partial charge in [-0.3, -0.25) is 9.59 Å². The number of Topliss-reactive ketones (excluding diaryl/α,β-unsaturated/α-hetero) is 1. The van der Waals surface area contributed by atoms with Gasteiger partial charge in [0.05, 0.1) is 12.0 Å². The van der Waals surface area contributed by atoms with Gasteiger partial charge in [-0.15, -0.1) is 11.3 Å². The van der Waals surface area contributed by atoms with Gasteiger partial charge in [0.2, 0.25) is 5.78 Å². The lowest BCUT2D eigenvalue weighted by Crippen LogP contribution is -2.11. The van der Waals surface area contributed by atoms with Gasteiger partial charge in [0.1, 0.15) is 11.5 Å². The third-order valence-corrected chi connectivity index (χ3v) is 5.85. The molecule has 4 rings (SSSR count). The SMILES string of the molecule is Cc1c(OC(=O)Cc2cccs2)ccc2c1O/C(=C\c1ccc(Cl)cc1Cl)C2=O. The molecular formula is C22H14Cl2O4S. The van der Waals surface area contributed by atoms with E-state index in [2.05, 4.69) is 0 Å². The zero-order chi connectivity index (χ0) is 20.5. The molecule has 0 amide bonds. The van der Waals surface area contributed by atoms with Crippen molar-refractivity contribution in [3.8, 4) is 11.5 Å². The number of carbonyl (C=O) groups excluding carboxylic acids is 2. The van der Waals surface area contributed by atoms with Gasteiger partial charge in [0, 0.05) is 20.5 Å². The number of rotatable bonds is 4. The van der Waals surface area contributed by atoms with Crippen LogP contribution in [-0.2, 0) is 11.2 Å². The number of fused-ring (bicyclic) bond motifs is 1. The summed E-state index contributed by atoms with van der Waals surface area (Å²) in [6.07, 6.45) is 1.76. The first-order valence-corrected chi connectivity index (χ1v) is 10.3. The van der Waals surface area contributed by atoms with Crippen molar-refractivity contribution in [1.82, 2.24) is 0 Å². The average Bonchev–Trinajstić information content (AvgIpc) is 3.29. The molecule has 0 saturated heterocycles. The molecule has 0 N–H and O–H groups in total. The minimum Gasteiger partial charge on any atom is -0.452 e. The first kappa shape index (κ1) is 19.7. The number of hydrogen-bond donors (Lipinski definition) is 0. The number of carbonyl (C=O) groups is 2. The number of esters is 1. The summed E-state index contributed by atoms with van der Waals surface area (Å²) in [7, 11) is 0. The molecule has 4 nitrogen and oxygen atoms in total. The van der Waals surface area contributed by atoms with Crippen molar-refractivity contribution in [1.29, 1.82) is 0 Å². The van der Waals surface area contributed by atoms with Crippen LogP contribution < -0.4 is 9.47 Å². The molecule has 0 radical (unpaired) electrons. The minimum atomic E-state index is -0.372. The van der Waals surface area contributed by atoms with E-state index in [0.717, 1.165) is 4.88 Å². The van der Waals surface area contributed by atoms with E-state index in [0.29, 0.717) is 38.2 Å². The summed E-state index contributed by atoms with van der Waals surface area (Å²) >= 11 is 13.6. The predicted octanol–water partition coefficient (Wildman–Crippen LogP) is 6.13. The normalized spacial score (nSPS) is 14.0. The third kappa shape index (κ3) is 4.08. The lowest BCUT2D eigenvalue weighted by Gasteiger charge is -2.09. The zero-order valence-electron chi connectivity index (χ0n) is 15.2. The summed E-state index contributed by atoms with van der Waals surface area (Å²) in [4.78, 5) is 25.8. The summed E-state index contributed by atoms with van der Waals surface area (Å²) in [6, 6.07) is 12.0. The van der Waals surface area contributed by atoms with Gasteiger partial charge in [-0.05, 0) is 54.3 Å². The van der Waals surface area contributed by atoms with Gasteiger partial charge < -0.3 is 9.47 Å². The van der Waals surface area contributed by atoms with E-state index < -0.39 is 0 Å². The first-order valence-electron chi connectivity index (χ1n) is 8.68. The van der Waals surface area contributed by atoms with Gasteiger partial charge >= 0.3 is 5.97 Å². The molecule has 7 heteroatoms. The molecule has 2 aromatic carbocycles. The Morgan fingerprint density at radius 2 is 2.03 bits per heavy atom. The summed E-state index contributed by atoms with van der Waals surface area (Å²) in [5.41, 5.74) is 1.62. The summed E-state index contributed by atoms with van der Waals surface area (Å²) in [5, 5.41) is 2.82. The Balaban J connectivity index is 1.58. The van der Waals surface area contributed by atoms with Crippen LogP contribution in [0.2, 0.25) is 10.0 Å². The van der Waals surface area contributed by atoms with Gasteiger partial charge in [-0.25, -0.2) is 0 Å². The Hall–Kier alpha value is -2.60. The Morgan fingerprint density at radius 1 is 1.21 bits per heavy atom. The van der Waals surface area contributed by atoms with Crippen molar-refractivity contribution >= 4 is 52.4 Å². The topological polar surface area (TPSA) is 52.6 Å². The summed E-state index contributed by atoms with van der Waals surface area (Å²) < 4.78 is 11.3. The molecule has 1 aliphatic heterocycles.